The van der Waals surface area contributed by atoms with Gasteiger partial charge < -0.3 is 20.4 Å². The Bertz CT molecular complexity index is 256. The number of hydrogen-bond donors (Lipinski definition) is 3. The van der Waals surface area contributed by atoms with E-state index in [9.17, 15) is 9.59 Å². The van der Waals surface area contributed by atoms with Crippen LogP contribution in [-0.2, 0) is 4.79 Å². The number of carbonyl (C=O) groups is 2. The van der Waals surface area contributed by atoms with Crippen molar-refractivity contribution < 1.29 is 19.8 Å². The van der Waals surface area contributed by atoms with Crippen molar-refractivity contribution in [1.82, 2.24) is 10.2 Å². The van der Waals surface area contributed by atoms with E-state index in [1.54, 1.807) is 4.90 Å². The zero-order chi connectivity index (χ0) is 13.4. The molecule has 0 radical (unpaired) electrons. The van der Waals surface area contributed by atoms with E-state index in [0.29, 0.717) is 6.54 Å². The number of urea groups is 1. The Morgan fingerprint density at radius 2 is 1.94 bits per heavy atom. The Balaban J connectivity index is 4.50. The number of rotatable bonds is 7. The van der Waals surface area contributed by atoms with Crippen molar-refractivity contribution in [2.24, 2.45) is 0 Å². The molecular formula is C11H22N2O4. The highest BCUT2D eigenvalue weighted by molar-refractivity contribution is 5.82. The lowest BCUT2D eigenvalue weighted by Gasteiger charge is -2.28. The SMILES string of the molecule is CCCN(C(=O)NC(CCO)C(=O)O)C(C)C. The fraction of sp³-hybridized carbons (Fsp3) is 0.818. The van der Waals surface area contributed by atoms with Crippen LogP contribution in [0.15, 0.2) is 0 Å². The van der Waals surface area contributed by atoms with Crippen LogP contribution in [0.25, 0.3) is 0 Å². The molecule has 0 spiro atoms. The van der Waals surface area contributed by atoms with Crippen LogP contribution in [0, 0.1) is 0 Å². The summed E-state index contributed by atoms with van der Waals surface area (Å²) in [6, 6.07) is -1.42. The molecule has 0 rings (SSSR count). The van der Waals surface area contributed by atoms with Gasteiger partial charge in [-0.3, -0.25) is 0 Å². The van der Waals surface area contributed by atoms with Crippen molar-refractivity contribution in [1.29, 1.82) is 0 Å². The Morgan fingerprint density at radius 1 is 1.35 bits per heavy atom. The summed E-state index contributed by atoms with van der Waals surface area (Å²) < 4.78 is 0. The minimum atomic E-state index is -1.13. The average Bonchev–Trinajstić information content (AvgIpc) is 2.24. The maximum Gasteiger partial charge on any atom is 0.326 e. The fourth-order valence-corrected chi connectivity index (χ4v) is 1.45. The predicted octanol–water partition coefficient (Wildman–Crippen LogP) is 0.652. The molecule has 0 aromatic heterocycles. The predicted molar refractivity (Wildman–Crippen MR) is 63.8 cm³/mol. The number of nitrogens with one attached hydrogen (secondary N) is 1. The van der Waals surface area contributed by atoms with Crippen molar-refractivity contribution in [3.8, 4) is 0 Å². The smallest absolute Gasteiger partial charge is 0.326 e. The van der Waals surface area contributed by atoms with Gasteiger partial charge >= 0.3 is 12.0 Å². The van der Waals surface area contributed by atoms with E-state index in [2.05, 4.69) is 5.32 Å². The van der Waals surface area contributed by atoms with Crippen molar-refractivity contribution in [3.63, 3.8) is 0 Å². The monoisotopic (exact) mass is 246 g/mol. The van der Waals surface area contributed by atoms with Gasteiger partial charge in [0.05, 0.1) is 0 Å². The van der Waals surface area contributed by atoms with Gasteiger partial charge in [-0.2, -0.15) is 0 Å². The first-order chi connectivity index (χ1) is 7.93. The number of aliphatic hydroxyl groups excluding tert-OH is 1. The molecule has 6 nitrogen and oxygen atoms in total. The summed E-state index contributed by atoms with van der Waals surface area (Å²) in [5.74, 6) is -1.13. The molecular weight excluding hydrogens is 224 g/mol. The van der Waals surface area contributed by atoms with Crippen LogP contribution >= 0.6 is 0 Å². The summed E-state index contributed by atoms with van der Waals surface area (Å²) in [7, 11) is 0. The lowest BCUT2D eigenvalue weighted by Crippen LogP contribution is -2.50. The standard InChI is InChI=1S/C11H22N2O4/c1-4-6-13(8(2)3)11(17)12-9(5-7-14)10(15)16/h8-9,14H,4-7H2,1-3H3,(H,12,17)(H,15,16). The Hall–Kier alpha value is -1.30. The summed E-state index contributed by atoms with van der Waals surface area (Å²) in [4.78, 5) is 24.2. The molecule has 0 aromatic rings. The van der Waals surface area contributed by atoms with E-state index < -0.39 is 18.0 Å². The molecule has 0 saturated carbocycles. The number of nitrogens with zero attached hydrogens (tertiary/aromatic N) is 1. The van der Waals surface area contributed by atoms with Crippen molar-refractivity contribution in [2.75, 3.05) is 13.2 Å². The van der Waals surface area contributed by atoms with Gasteiger partial charge in [0.2, 0.25) is 0 Å². The zero-order valence-electron chi connectivity index (χ0n) is 10.6. The average molecular weight is 246 g/mol. The summed E-state index contributed by atoms with van der Waals surface area (Å²) in [6.45, 7) is 6.00. The molecule has 0 heterocycles. The van der Waals surface area contributed by atoms with Gasteiger partial charge in [0.15, 0.2) is 0 Å². The molecule has 0 aliphatic rings. The van der Waals surface area contributed by atoms with Crippen molar-refractivity contribution in [3.05, 3.63) is 0 Å². The summed E-state index contributed by atoms with van der Waals surface area (Å²) in [5, 5.41) is 20.0. The molecule has 2 amide bonds. The lowest BCUT2D eigenvalue weighted by atomic mass is 10.2. The highest BCUT2D eigenvalue weighted by Crippen LogP contribution is 2.02. The molecule has 0 aromatic carbocycles. The molecule has 0 bridgehead atoms. The summed E-state index contributed by atoms with van der Waals surface area (Å²) in [6.07, 6.45) is 0.822. The third-order valence-corrected chi connectivity index (χ3v) is 2.36. The molecule has 1 unspecified atom stereocenters. The van der Waals surface area contributed by atoms with Crippen LogP contribution in [0.2, 0.25) is 0 Å². The van der Waals surface area contributed by atoms with Gasteiger partial charge in [-0.1, -0.05) is 6.92 Å². The van der Waals surface area contributed by atoms with E-state index >= 15 is 0 Å². The van der Waals surface area contributed by atoms with Gasteiger partial charge in [-0.05, 0) is 20.3 Å². The molecule has 17 heavy (non-hydrogen) atoms. The molecule has 3 N–H and O–H groups in total. The number of aliphatic carboxylic acids is 1. The van der Waals surface area contributed by atoms with Gasteiger partial charge in [0, 0.05) is 25.6 Å². The van der Waals surface area contributed by atoms with Crippen LogP contribution in [0.5, 0.6) is 0 Å². The number of hydrogen-bond acceptors (Lipinski definition) is 3. The minimum Gasteiger partial charge on any atom is -0.480 e. The van der Waals surface area contributed by atoms with Crippen molar-refractivity contribution >= 4 is 12.0 Å². The van der Waals surface area contributed by atoms with Crippen LogP contribution in [0.1, 0.15) is 33.6 Å². The Labute approximate surface area is 102 Å². The topological polar surface area (TPSA) is 89.9 Å². The number of amides is 2. The maximum atomic E-state index is 11.8. The van der Waals surface area contributed by atoms with E-state index in [0.717, 1.165) is 6.42 Å². The van der Waals surface area contributed by atoms with Gasteiger partial charge in [-0.15, -0.1) is 0 Å². The highest BCUT2D eigenvalue weighted by atomic mass is 16.4. The van der Waals surface area contributed by atoms with Gasteiger partial charge in [-0.25, -0.2) is 9.59 Å². The number of carbonyl (C=O) groups excluding carboxylic acids is 1. The largest absolute Gasteiger partial charge is 0.480 e. The molecule has 0 aliphatic carbocycles. The molecule has 100 valence electrons. The molecule has 1 atom stereocenters. The second-order valence-corrected chi connectivity index (χ2v) is 4.14. The van der Waals surface area contributed by atoms with Crippen molar-refractivity contribution in [2.45, 2.75) is 45.7 Å². The normalized spacial score (nSPS) is 12.3. The van der Waals surface area contributed by atoms with Crippen LogP contribution in [0.4, 0.5) is 4.79 Å². The first-order valence-electron chi connectivity index (χ1n) is 5.84. The number of carboxylic acids is 1. The van der Waals surface area contributed by atoms with E-state index in [1.165, 1.54) is 0 Å². The third-order valence-electron chi connectivity index (χ3n) is 2.36. The first-order valence-corrected chi connectivity index (χ1v) is 5.84. The lowest BCUT2D eigenvalue weighted by molar-refractivity contribution is -0.139. The maximum absolute atomic E-state index is 11.8. The molecule has 0 fully saturated rings. The Kier molecular flexibility index (Phi) is 7.29. The zero-order valence-corrected chi connectivity index (χ0v) is 10.6. The second kappa shape index (κ2) is 7.89. The fourth-order valence-electron chi connectivity index (χ4n) is 1.45. The molecule has 0 aliphatic heterocycles. The second-order valence-electron chi connectivity index (χ2n) is 4.14. The van der Waals surface area contributed by atoms with E-state index in [4.69, 9.17) is 10.2 Å². The minimum absolute atomic E-state index is 0.0125. The summed E-state index contributed by atoms with van der Waals surface area (Å²) in [5.41, 5.74) is 0. The number of carboxylic acid groups (broad SMARTS) is 1. The quantitative estimate of drug-likeness (QED) is 0.615. The van der Waals surface area contributed by atoms with Crippen LogP contribution in [-0.4, -0.2) is 52.3 Å². The molecule has 6 heteroatoms. The number of aliphatic hydroxyl groups is 1. The molecule has 0 saturated heterocycles. The highest BCUT2D eigenvalue weighted by Gasteiger charge is 2.23. The van der Waals surface area contributed by atoms with Gasteiger partial charge in [0.25, 0.3) is 0 Å². The third kappa shape index (κ3) is 5.53. The summed E-state index contributed by atoms with van der Waals surface area (Å²) >= 11 is 0. The Morgan fingerprint density at radius 3 is 2.29 bits per heavy atom. The van der Waals surface area contributed by atoms with E-state index in [-0.39, 0.29) is 19.1 Å². The van der Waals surface area contributed by atoms with Gasteiger partial charge in [0.1, 0.15) is 6.04 Å². The van der Waals surface area contributed by atoms with Crippen LogP contribution < -0.4 is 5.32 Å². The first kappa shape index (κ1) is 15.7. The van der Waals surface area contributed by atoms with E-state index in [1.807, 2.05) is 20.8 Å². The van der Waals surface area contributed by atoms with Crippen LogP contribution in [0.3, 0.4) is 0 Å².